The number of anilines is 1. The van der Waals surface area contributed by atoms with E-state index in [1.54, 1.807) is 30.5 Å². The molecule has 1 heterocycles. The number of benzene rings is 2. The zero-order chi connectivity index (χ0) is 16.1. The molecule has 0 fully saturated rings. The first-order valence-corrected chi connectivity index (χ1v) is 8.87. The van der Waals surface area contributed by atoms with Crippen LogP contribution in [-0.2, 0) is 22.3 Å². The highest BCUT2D eigenvalue weighted by atomic mass is 32.2. The van der Waals surface area contributed by atoms with Gasteiger partial charge in [-0.2, -0.15) is 5.10 Å². The van der Waals surface area contributed by atoms with Gasteiger partial charge in [0.2, 0.25) is 10.0 Å². The van der Waals surface area contributed by atoms with Crippen molar-refractivity contribution in [1.29, 1.82) is 0 Å². The SMILES string of the molecule is O=S(=O)(Cc1ccccc1)Nc1ccc(Cn2cccn2)cc1. The summed E-state index contributed by atoms with van der Waals surface area (Å²) in [4.78, 5) is 0. The van der Waals surface area contributed by atoms with Gasteiger partial charge in [0.1, 0.15) is 0 Å². The van der Waals surface area contributed by atoms with Crippen molar-refractivity contribution >= 4 is 15.7 Å². The summed E-state index contributed by atoms with van der Waals surface area (Å²) in [5.41, 5.74) is 2.38. The molecular weight excluding hydrogens is 310 g/mol. The highest BCUT2D eigenvalue weighted by Gasteiger charge is 2.11. The highest BCUT2D eigenvalue weighted by Crippen LogP contribution is 2.14. The molecule has 0 saturated carbocycles. The minimum Gasteiger partial charge on any atom is -0.283 e. The fourth-order valence-corrected chi connectivity index (χ4v) is 3.47. The molecular formula is C17H17N3O2S. The van der Waals surface area contributed by atoms with Gasteiger partial charge in [-0.1, -0.05) is 42.5 Å². The van der Waals surface area contributed by atoms with Gasteiger partial charge in [-0.05, 0) is 29.3 Å². The molecule has 0 saturated heterocycles. The maximum Gasteiger partial charge on any atom is 0.236 e. The summed E-state index contributed by atoms with van der Waals surface area (Å²) < 4.78 is 28.8. The Kier molecular flexibility index (Phi) is 4.43. The van der Waals surface area contributed by atoms with Crippen LogP contribution in [0.1, 0.15) is 11.1 Å². The highest BCUT2D eigenvalue weighted by molar-refractivity contribution is 7.91. The van der Waals surface area contributed by atoms with Gasteiger partial charge in [0.25, 0.3) is 0 Å². The summed E-state index contributed by atoms with van der Waals surface area (Å²) in [6.07, 6.45) is 3.61. The lowest BCUT2D eigenvalue weighted by atomic mass is 10.2. The van der Waals surface area contributed by atoms with E-state index in [2.05, 4.69) is 9.82 Å². The molecule has 6 heteroatoms. The van der Waals surface area contributed by atoms with Crippen molar-refractivity contribution in [2.75, 3.05) is 4.72 Å². The molecule has 0 aliphatic rings. The van der Waals surface area contributed by atoms with Crippen molar-refractivity contribution < 1.29 is 8.42 Å². The van der Waals surface area contributed by atoms with Crippen LogP contribution in [0, 0.1) is 0 Å². The van der Waals surface area contributed by atoms with Crippen molar-refractivity contribution in [2.24, 2.45) is 0 Å². The zero-order valence-corrected chi connectivity index (χ0v) is 13.3. The fourth-order valence-electron chi connectivity index (χ4n) is 2.27. The summed E-state index contributed by atoms with van der Waals surface area (Å²) in [6.45, 7) is 0.657. The summed E-state index contributed by atoms with van der Waals surface area (Å²) in [7, 11) is -3.42. The average molecular weight is 327 g/mol. The minimum absolute atomic E-state index is 0.0388. The van der Waals surface area contributed by atoms with Gasteiger partial charge in [-0.15, -0.1) is 0 Å². The van der Waals surface area contributed by atoms with Crippen LogP contribution in [0.5, 0.6) is 0 Å². The Morgan fingerprint density at radius 3 is 2.30 bits per heavy atom. The average Bonchev–Trinajstić information content (AvgIpc) is 3.02. The predicted molar refractivity (Wildman–Crippen MR) is 90.5 cm³/mol. The van der Waals surface area contributed by atoms with E-state index in [1.165, 1.54) is 0 Å². The number of sulfonamides is 1. The predicted octanol–water partition coefficient (Wildman–Crippen LogP) is 2.87. The molecule has 0 amide bonds. The first-order chi connectivity index (χ1) is 11.1. The summed E-state index contributed by atoms with van der Waals surface area (Å²) in [5.74, 6) is -0.0388. The Balaban J connectivity index is 1.65. The van der Waals surface area contributed by atoms with Gasteiger partial charge >= 0.3 is 0 Å². The molecule has 0 unspecified atom stereocenters. The van der Waals surface area contributed by atoms with E-state index in [0.717, 1.165) is 11.1 Å². The Labute approximate surface area is 135 Å². The van der Waals surface area contributed by atoms with E-state index < -0.39 is 10.0 Å². The monoisotopic (exact) mass is 327 g/mol. The Bertz CT molecular complexity index is 843. The second-order valence-corrected chi connectivity index (χ2v) is 6.97. The van der Waals surface area contributed by atoms with Crippen LogP contribution in [0.3, 0.4) is 0 Å². The summed E-state index contributed by atoms with van der Waals surface area (Å²) in [6, 6.07) is 18.3. The largest absolute Gasteiger partial charge is 0.283 e. The molecule has 0 spiro atoms. The van der Waals surface area contributed by atoms with Gasteiger partial charge in [0, 0.05) is 18.1 Å². The molecule has 5 nitrogen and oxygen atoms in total. The van der Waals surface area contributed by atoms with E-state index in [4.69, 9.17) is 0 Å². The number of aromatic nitrogens is 2. The third kappa shape index (κ3) is 4.43. The molecule has 118 valence electrons. The van der Waals surface area contributed by atoms with Crippen molar-refractivity contribution in [3.63, 3.8) is 0 Å². The van der Waals surface area contributed by atoms with Crippen LogP contribution in [0.2, 0.25) is 0 Å². The van der Waals surface area contributed by atoms with Crippen LogP contribution >= 0.6 is 0 Å². The Hall–Kier alpha value is -2.60. The molecule has 1 N–H and O–H groups in total. The lowest BCUT2D eigenvalue weighted by molar-refractivity contribution is 0.600. The normalized spacial score (nSPS) is 11.3. The molecule has 3 rings (SSSR count). The van der Waals surface area contributed by atoms with Crippen molar-refractivity contribution in [3.8, 4) is 0 Å². The van der Waals surface area contributed by atoms with Gasteiger partial charge in [-0.3, -0.25) is 9.40 Å². The van der Waals surface area contributed by atoms with E-state index >= 15 is 0 Å². The maximum atomic E-state index is 12.2. The van der Waals surface area contributed by atoms with Crippen LogP contribution < -0.4 is 4.72 Å². The smallest absolute Gasteiger partial charge is 0.236 e. The number of nitrogens with zero attached hydrogens (tertiary/aromatic N) is 2. The van der Waals surface area contributed by atoms with Crippen LogP contribution in [0.25, 0.3) is 0 Å². The van der Waals surface area contributed by atoms with E-state index in [-0.39, 0.29) is 5.75 Å². The number of rotatable bonds is 6. The van der Waals surface area contributed by atoms with Gasteiger partial charge in [0.15, 0.2) is 0 Å². The molecule has 2 aromatic carbocycles. The second-order valence-electron chi connectivity index (χ2n) is 5.25. The molecule has 0 aliphatic carbocycles. The van der Waals surface area contributed by atoms with Crippen LogP contribution in [0.4, 0.5) is 5.69 Å². The van der Waals surface area contributed by atoms with Gasteiger partial charge in [0.05, 0.1) is 12.3 Å². The van der Waals surface area contributed by atoms with Crippen LogP contribution in [-0.4, -0.2) is 18.2 Å². The molecule has 0 aliphatic heterocycles. The molecule has 0 atom stereocenters. The second kappa shape index (κ2) is 6.66. The van der Waals surface area contributed by atoms with Crippen molar-refractivity contribution in [3.05, 3.63) is 84.2 Å². The third-order valence-electron chi connectivity index (χ3n) is 3.33. The number of hydrogen-bond acceptors (Lipinski definition) is 3. The Morgan fingerprint density at radius 1 is 0.913 bits per heavy atom. The first kappa shape index (κ1) is 15.3. The quantitative estimate of drug-likeness (QED) is 0.757. The third-order valence-corrected chi connectivity index (χ3v) is 4.59. The first-order valence-electron chi connectivity index (χ1n) is 7.21. The lowest BCUT2D eigenvalue weighted by Crippen LogP contribution is -2.15. The zero-order valence-electron chi connectivity index (χ0n) is 12.5. The van der Waals surface area contributed by atoms with E-state index in [1.807, 2.05) is 47.3 Å². The van der Waals surface area contributed by atoms with E-state index in [9.17, 15) is 8.42 Å². The summed E-state index contributed by atoms with van der Waals surface area (Å²) >= 11 is 0. The standard InChI is InChI=1S/C17H17N3O2S/c21-23(22,14-16-5-2-1-3-6-16)19-17-9-7-15(8-10-17)13-20-12-4-11-18-20/h1-12,19H,13-14H2. The van der Waals surface area contributed by atoms with Gasteiger partial charge < -0.3 is 0 Å². The molecule has 23 heavy (non-hydrogen) atoms. The molecule has 3 aromatic rings. The molecule has 0 bridgehead atoms. The summed E-state index contributed by atoms with van der Waals surface area (Å²) in [5, 5.41) is 4.15. The minimum atomic E-state index is -3.42. The Morgan fingerprint density at radius 2 is 1.65 bits per heavy atom. The van der Waals surface area contributed by atoms with Gasteiger partial charge in [-0.25, -0.2) is 8.42 Å². The van der Waals surface area contributed by atoms with Crippen LogP contribution in [0.15, 0.2) is 73.1 Å². The molecule has 0 radical (unpaired) electrons. The lowest BCUT2D eigenvalue weighted by Gasteiger charge is -2.09. The number of nitrogens with one attached hydrogen (secondary N) is 1. The maximum absolute atomic E-state index is 12.2. The fraction of sp³-hybridized carbons (Fsp3) is 0.118. The number of hydrogen-bond donors (Lipinski definition) is 1. The van der Waals surface area contributed by atoms with E-state index in [0.29, 0.717) is 12.2 Å². The molecule has 1 aromatic heterocycles. The van der Waals surface area contributed by atoms with Crippen molar-refractivity contribution in [1.82, 2.24) is 9.78 Å². The van der Waals surface area contributed by atoms with Crippen molar-refractivity contribution in [2.45, 2.75) is 12.3 Å². The topological polar surface area (TPSA) is 64.0 Å².